The van der Waals surface area contributed by atoms with E-state index in [9.17, 15) is 13.2 Å². The van der Waals surface area contributed by atoms with Crippen molar-refractivity contribution in [3.63, 3.8) is 0 Å². The number of rotatable bonds is 4. The van der Waals surface area contributed by atoms with Crippen molar-refractivity contribution in [1.82, 2.24) is 4.98 Å². The van der Waals surface area contributed by atoms with Crippen LogP contribution in [0.4, 0.5) is 11.5 Å². The summed E-state index contributed by atoms with van der Waals surface area (Å²) >= 11 is 0. The van der Waals surface area contributed by atoms with Gasteiger partial charge in [-0.15, -0.1) is 0 Å². The van der Waals surface area contributed by atoms with E-state index in [-0.39, 0.29) is 16.6 Å². The molecule has 1 aromatic heterocycles. The molecule has 9 heteroatoms. The summed E-state index contributed by atoms with van der Waals surface area (Å²) in [4.78, 5) is 15.0. The number of guanidine groups is 1. The van der Waals surface area contributed by atoms with Gasteiger partial charge in [0, 0.05) is 24.9 Å². The maximum absolute atomic E-state index is 12.7. The summed E-state index contributed by atoms with van der Waals surface area (Å²) in [5.41, 5.74) is 5.79. The Morgan fingerprint density at radius 1 is 1.26 bits per heavy atom. The smallest absolute Gasteiger partial charge is 0.272 e. The Morgan fingerprint density at radius 3 is 2.48 bits per heavy atom. The van der Waals surface area contributed by atoms with Crippen LogP contribution in [0.15, 0.2) is 53.6 Å². The Bertz CT molecular complexity index is 837. The fraction of sp³-hybridized carbons (Fsp3) is 0.0714. The number of nitrogens with two attached hydrogens (primary N) is 1. The van der Waals surface area contributed by atoms with Gasteiger partial charge in [0.05, 0.1) is 4.90 Å². The molecular weight excluding hydrogens is 318 g/mol. The number of carbonyl (C=O) groups is 1. The molecule has 0 unspecified atom stereocenters. The summed E-state index contributed by atoms with van der Waals surface area (Å²) in [7, 11) is -4.09. The van der Waals surface area contributed by atoms with Crippen molar-refractivity contribution in [2.75, 3.05) is 9.62 Å². The highest BCUT2D eigenvalue weighted by Crippen LogP contribution is 2.23. The third-order valence-corrected chi connectivity index (χ3v) is 4.51. The predicted molar refractivity (Wildman–Crippen MR) is 86.6 cm³/mol. The quantitative estimate of drug-likeness (QED) is 0.570. The molecule has 0 spiro atoms. The number of pyridine rings is 1. The lowest BCUT2D eigenvalue weighted by molar-refractivity contribution is -0.114. The Labute approximate surface area is 133 Å². The van der Waals surface area contributed by atoms with Crippen molar-refractivity contribution in [2.24, 2.45) is 5.73 Å². The van der Waals surface area contributed by atoms with Crippen LogP contribution in [0.25, 0.3) is 0 Å². The van der Waals surface area contributed by atoms with Crippen molar-refractivity contribution in [3.05, 3.63) is 48.7 Å². The number of benzene rings is 1. The molecule has 0 aliphatic carbocycles. The third-order valence-electron chi connectivity index (χ3n) is 2.77. The van der Waals surface area contributed by atoms with E-state index in [1.807, 2.05) is 0 Å². The van der Waals surface area contributed by atoms with E-state index in [2.05, 4.69) is 10.3 Å². The van der Waals surface area contributed by atoms with Crippen molar-refractivity contribution in [1.29, 1.82) is 5.41 Å². The highest BCUT2D eigenvalue weighted by atomic mass is 32.2. The molecule has 1 aromatic carbocycles. The van der Waals surface area contributed by atoms with Crippen LogP contribution < -0.4 is 15.4 Å². The lowest BCUT2D eigenvalue weighted by Gasteiger charge is -2.21. The minimum atomic E-state index is -4.09. The number of carbonyl (C=O) groups excluding carboxylic acids is 1. The molecule has 4 N–H and O–H groups in total. The first-order valence-corrected chi connectivity index (χ1v) is 7.94. The van der Waals surface area contributed by atoms with Gasteiger partial charge in [-0.2, -0.15) is 4.31 Å². The van der Waals surface area contributed by atoms with Gasteiger partial charge < -0.3 is 11.1 Å². The third kappa shape index (κ3) is 3.64. The molecule has 0 aliphatic rings. The van der Waals surface area contributed by atoms with E-state index >= 15 is 0 Å². The molecule has 0 saturated heterocycles. The number of anilines is 2. The number of hydrogen-bond acceptors (Lipinski definition) is 5. The SMILES string of the molecule is CC(=O)Nc1ccnc(N(C(=N)N)S(=O)(=O)c2ccccc2)c1. The number of amides is 1. The van der Waals surface area contributed by atoms with Crippen molar-refractivity contribution in [2.45, 2.75) is 11.8 Å². The Kier molecular flexibility index (Phi) is 4.60. The van der Waals surface area contributed by atoms with E-state index in [1.54, 1.807) is 18.2 Å². The predicted octanol–water partition coefficient (Wildman–Crippen LogP) is 1.13. The van der Waals surface area contributed by atoms with Crippen LogP contribution in [0.1, 0.15) is 6.92 Å². The van der Waals surface area contributed by atoms with Gasteiger partial charge in [-0.25, -0.2) is 13.4 Å². The van der Waals surface area contributed by atoms with Gasteiger partial charge >= 0.3 is 0 Å². The Balaban J connectivity index is 2.52. The highest BCUT2D eigenvalue weighted by molar-refractivity contribution is 7.93. The van der Waals surface area contributed by atoms with E-state index < -0.39 is 16.0 Å². The standard InChI is InChI=1S/C14H15N5O3S/c1-10(20)18-11-7-8-17-13(9-11)19(14(15)16)23(21,22)12-5-3-2-4-6-12/h2-9H,1H3,(H3,15,16)(H,17,18,20). The average molecular weight is 333 g/mol. The molecular formula is C14H15N5O3S. The molecule has 0 atom stereocenters. The largest absolute Gasteiger partial charge is 0.369 e. The van der Waals surface area contributed by atoms with Crippen LogP contribution in [-0.4, -0.2) is 25.3 Å². The number of sulfonamides is 1. The molecule has 1 amide bonds. The lowest BCUT2D eigenvalue weighted by atomic mass is 10.4. The minimum Gasteiger partial charge on any atom is -0.369 e. The summed E-state index contributed by atoms with van der Waals surface area (Å²) < 4.78 is 26.0. The first-order valence-electron chi connectivity index (χ1n) is 6.50. The van der Waals surface area contributed by atoms with Gasteiger partial charge in [0.25, 0.3) is 10.0 Å². The first kappa shape index (κ1) is 16.4. The van der Waals surface area contributed by atoms with Crippen LogP contribution in [0.5, 0.6) is 0 Å². The average Bonchev–Trinajstić information content (AvgIpc) is 2.47. The second-order valence-electron chi connectivity index (χ2n) is 4.55. The fourth-order valence-electron chi connectivity index (χ4n) is 1.88. The molecule has 1 heterocycles. The molecule has 2 aromatic rings. The molecule has 0 saturated carbocycles. The summed E-state index contributed by atoms with van der Waals surface area (Å²) in [6.45, 7) is 1.32. The Morgan fingerprint density at radius 2 is 1.91 bits per heavy atom. The Hall–Kier alpha value is -2.94. The monoisotopic (exact) mass is 333 g/mol. The molecule has 0 bridgehead atoms. The summed E-state index contributed by atoms with van der Waals surface area (Å²) in [6.07, 6.45) is 1.32. The highest BCUT2D eigenvalue weighted by Gasteiger charge is 2.28. The number of aromatic nitrogens is 1. The second kappa shape index (κ2) is 6.44. The van der Waals surface area contributed by atoms with Crippen LogP contribution in [-0.2, 0) is 14.8 Å². The van der Waals surface area contributed by atoms with E-state index in [0.717, 1.165) is 0 Å². The van der Waals surface area contributed by atoms with E-state index in [0.29, 0.717) is 9.99 Å². The van der Waals surface area contributed by atoms with Gasteiger partial charge in [-0.1, -0.05) is 18.2 Å². The van der Waals surface area contributed by atoms with Crippen LogP contribution >= 0.6 is 0 Å². The molecule has 8 nitrogen and oxygen atoms in total. The maximum Gasteiger partial charge on any atom is 0.272 e. The topological polar surface area (TPSA) is 129 Å². The lowest BCUT2D eigenvalue weighted by Crippen LogP contribution is -2.41. The fourth-order valence-corrected chi connectivity index (χ4v) is 3.20. The zero-order valence-electron chi connectivity index (χ0n) is 12.2. The molecule has 23 heavy (non-hydrogen) atoms. The number of hydrogen-bond donors (Lipinski definition) is 3. The zero-order chi connectivity index (χ0) is 17.0. The van der Waals surface area contributed by atoms with Gasteiger partial charge in [-0.3, -0.25) is 10.2 Å². The molecule has 0 fully saturated rings. The van der Waals surface area contributed by atoms with Crippen molar-refractivity contribution < 1.29 is 13.2 Å². The van der Waals surface area contributed by atoms with Crippen LogP contribution in [0.2, 0.25) is 0 Å². The molecule has 120 valence electrons. The molecule has 0 aliphatic heterocycles. The van der Waals surface area contributed by atoms with Gasteiger partial charge in [0.15, 0.2) is 5.82 Å². The van der Waals surface area contributed by atoms with Crippen LogP contribution in [0, 0.1) is 5.41 Å². The van der Waals surface area contributed by atoms with Crippen molar-refractivity contribution >= 4 is 33.4 Å². The minimum absolute atomic E-state index is 0.0260. The second-order valence-corrected chi connectivity index (χ2v) is 6.34. The zero-order valence-corrected chi connectivity index (χ0v) is 13.0. The summed E-state index contributed by atoms with van der Waals surface area (Å²) in [6, 6.07) is 10.4. The first-order chi connectivity index (χ1) is 10.8. The normalized spacial score (nSPS) is 10.8. The number of nitrogens with zero attached hydrogens (tertiary/aromatic N) is 2. The van der Waals surface area contributed by atoms with Gasteiger partial charge in [0.1, 0.15) is 0 Å². The maximum atomic E-state index is 12.7. The van der Waals surface area contributed by atoms with Gasteiger partial charge in [0.2, 0.25) is 11.9 Å². The van der Waals surface area contributed by atoms with E-state index in [4.69, 9.17) is 11.1 Å². The summed E-state index contributed by atoms with van der Waals surface area (Å²) in [5, 5.41) is 10.1. The number of nitrogens with one attached hydrogen (secondary N) is 2. The summed E-state index contributed by atoms with van der Waals surface area (Å²) in [5.74, 6) is -1.11. The molecule has 0 radical (unpaired) electrons. The van der Waals surface area contributed by atoms with E-state index in [1.165, 1.54) is 37.4 Å². The van der Waals surface area contributed by atoms with Crippen molar-refractivity contribution in [3.8, 4) is 0 Å². The van der Waals surface area contributed by atoms with Gasteiger partial charge in [-0.05, 0) is 18.2 Å². The molecule has 2 rings (SSSR count). The van der Waals surface area contributed by atoms with Crippen LogP contribution in [0.3, 0.4) is 0 Å².